The Hall–Kier alpha value is -3.20. The van der Waals surface area contributed by atoms with Gasteiger partial charge in [0.05, 0.1) is 24.6 Å². The highest BCUT2D eigenvalue weighted by Gasteiger charge is 2.14. The molecule has 27 heavy (non-hydrogen) atoms. The van der Waals surface area contributed by atoms with Crippen LogP contribution in [-0.2, 0) is 11.3 Å². The SMILES string of the molecule is CCO/C(=C/C(=N)c1nccs1)C(=N)Cn1ccnc1-c1cccc(F)n1. The molecule has 0 amide bonds. The summed E-state index contributed by atoms with van der Waals surface area (Å²) in [6.45, 7) is 2.32. The summed E-state index contributed by atoms with van der Waals surface area (Å²) in [7, 11) is 0. The van der Waals surface area contributed by atoms with Crippen LogP contribution in [0.1, 0.15) is 11.9 Å². The molecule has 138 valence electrons. The van der Waals surface area contributed by atoms with Crippen LogP contribution >= 0.6 is 11.3 Å². The maximum atomic E-state index is 13.4. The number of thiazole rings is 1. The van der Waals surface area contributed by atoms with Crippen molar-refractivity contribution in [1.29, 1.82) is 10.8 Å². The Balaban J connectivity index is 1.83. The van der Waals surface area contributed by atoms with Crippen molar-refractivity contribution in [2.45, 2.75) is 13.5 Å². The van der Waals surface area contributed by atoms with E-state index in [9.17, 15) is 4.39 Å². The Morgan fingerprint density at radius 2 is 2.15 bits per heavy atom. The molecule has 0 aliphatic carbocycles. The Kier molecular flexibility index (Phi) is 5.82. The zero-order valence-electron chi connectivity index (χ0n) is 14.5. The van der Waals surface area contributed by atoms with Crippen molar-refractivity contribution in [1.82, 2.24) is 19.5 Å². The summed E-state index contributed by atoms with van der Waals surface area (Å²) in [4.78, 5) is 12.1. The van der Waals surface area contributed by atoms with Crippen LogP contribution in [0.3, 0.4) is 0 Å². The number of halogens is 1. The number of allylic oxidation sites excluding steroid dienone is 2. The summed E-state index contributed by atoms with van der Waals surface area (Å²) in [5.74, 6) is 0.138. The first-order chi connectivity index (χ1) is 13.1. The van der Waals surface area contributed by atoms with Crippen molar-refractivity contribution in [3.8, 4) is 11.5 Å². The number of ether oxygens (including phenoxy) is 1. The molecular formula is C18H17FN6OS. The number of pyridine rings is 1. The third kappa shape index (κ3) is 4.50. The smallest absolute Gasteiger partial charge is 0.213 e. The van der Waals surface area contributed by atoms with E-state index in [1.807, 2.05) is 6.92 Å². The second-order valence-corrected chi connectivity index (χ2v) is 6.29. The van der Waals surface area contributed by atoms with Gasteiger partial charge in [-0.15, -0.1) is 11.3 Å². The lowest BCUT2D eigenvalue weighted by Crippen LogP contribution is -2.16. The van der Waals surface area contributed by atoms with Crippen molar-refractivity contribution in [2.24, 2.45) is 0 Å². The Labute approximate surface area is 159 Å². The Morgan fingerprint density at radius 1 is 1.30 bits per heavy atom. The maximum absolute atomic E-state index is 13.4. The second-order valence-electron chi connectivity index (χ2n) is 5.40. The molecule has 0 aliphatic rings. The van der Waals surface area contributed by atoms with Crippen LogP contribution in [0.15, 0.2) is 54.0 Å². The van der Waals surface area contributed by atoms with E-state index < -0.39 is 5.95 Å². The van der Waals surface area contributed by atoms with E-state index in [4.69, 9.17) is 15.6 Å². The molecule has 0 unspecified atom stereocenters. The maximum Gasteiger partial charge on any atom is 0.213 e. The minimum atomic E-state index is -0.594. The number of nitrogens with one attached hydrogen (secondary N) is 2. The summed E-state index contributed by atoms with van der Waals surface area (Å²) in [6, 6.07) is 4.48. The number of hydrogen-bond acceptors (Lipinski definition) is 7. The van der Waals surface area contributed by atoms with Crippen LogP contribution in [0.5, 0.6) is 0 Å². The topological polar surface area (TPSA) is 101 Å². The quantitative estimate of drug-likeness (QED) is 0.352. The van der Waals surface area contributed by atoms with Crippen molar-refractivity contribution >= 4 is 22.8 Å². The molecule has 0 aromatic carbocycles. The summed E-state index contributed by atoms with van der Waals surface area (Å²) < 4.78 is 20.6. The number of rotatable bonds is 8. The summed E-state index contributed by atoms with van der Waals surface area (Å²) in [5, 5.41) is 18.9. The lowest BCUT2D eigenvalue weighted by atomic mass is 10.2. The number of imidazole rings is 1. The standard InChI is InChI=1S/C18H17FN6OS/c1-2-26-15(10-12(20)18-23-7-9-27-18)13(21)11-25-8-6-22-17(25)14-4-3-5-16(19)24-14/h3-10,20-21H,2,11H2,1H3/b15-10+,20-12?,21-13?. The highest BCUT2D eigenvalue weighted by molar-refractivity contribution is 7.11. The first kappa shape index (κ1) is 18.6. The van der Waals surface area contributed by atoms with E-state index in [2.05, 4.69) is 15.0 Å². The number of nitrogens with zero attached hydrogens (tertiary/aromatic N) is 4. The second kappa shape index (κ2) is 8.45. The lowest BCUT2D eigenvalue weighted by Gasteiger charge is -2.12. The molecule has 0 atom stereocenters. The molecule has 2 N–H and O–H groups in total. The van der Waals surface area contributed by atoms with Crippen LogP contribution in [0, 0.1) is 16.8 Å². The van der Waals surface area contributed by atoms with Gasteiger partial charge in [0.1, 0.15) is 16.5 Å². The first-order valence-electron chi connectivity index (χ1n) is 8.13. The zero-order chi connectivity index (χ0) is 19.2. The van der Waals surface area contributed by atoms with Gasteiger partial charge in [0.15, 0.2) is 5.82 Å². The molecule has 3 aromatic rings. The molecular weight excluding hydrogens is 367 g/mol. The molecule has 3 heterocycles. The minimum Gasteiger partial charge on any atom is -0.492 e. The molecule has 0 aliphatic heterocycles. The van der Waals surface area contributed by atoms with E-state index in [0.29, 0.717) is 23.1 Å². The minimum absolute atomic E-state index is 0.143. The van der Waals surface area contributed by atoms with Gasteiger partial charge in [-0.1, -0.05) is 6.07 Å². The van der Waals surface area contributed by atoms with Crippen LogP contribution in [0.4, 0.5) is 4.39 Å². The molecule has 0 fully saturated rings. The van der Waals surface area contributed by atoms with Gasteiger partial charge in [-0.05, 0) is 19.1 Å². The molecule has 3 rings (SSSR count). The molecule has 7 nitrogen and oxygen atoms in total. The number of aromatic nitrogens is 4. The number of hydrogen-bond donors (Lipinski definition) is 2. The fourth-order valence-corrected chi connectivity index (χ4v) is 2.93. The highest BCUT2D eigenvalue weighted by Crippen LogP contribution is 2.16. The van der Waals surface area contributed by atoms with E-state index in [-0.39, 0.29) is 23.7 Å². The average Bonchev–Trinajstić information content (AvgIpc) is 3.33. The van der Waals surface area contributed by atoms with E-state index in [0.717, 1.165) is 0 Å². The summed E-state index contributed by atoms with van der Waals surface area (Å²) in [6.07, 6.45) is 6.36. The van der Waals surface area contributed by atoms with E-state index in [1.54, 1.807) is 40.7 Å². The monoisotopic (exact) mass is 384 g/mol. The van der Waals surface area contributed by atoms with Crippen molar-refractivity contribution in [3.63, 3.8) is 0 Å². The third-order valence-electron chi connectivity index (χ3n) is 3.52. The molecule has 0 saturated heterocycles. The van der Waals surface area contributed by atoms with Crippen molar-refractivity contribution < 1.29 is 9.13 Å². The van der Waals surface area contributed by atoms with Gasteiger partial charge in [0.2, 0.25) is 5.95 Å². The molecule has 0 radical (unpaired) electrons. The normalized spacial score (nSPS) is 11.4. The van der Waals surface area contributed by atoms with Gasteiger partial charge in [0.25, 0.3) is 0 Å². The van der Waals surface area contributed by atoms with Gasteiger partial charge < -0.3 is 9.30 Å². The fraction of sp³-hybridized carbons (Fsp3) is 0.167. The Morgan fingerprint density at radius 3 is 2.85 bits per heavy atom. The molecule has 9 heteroatoms. The molecule has 3 aromatic heterocycles. The summed E-state index contributed by atoms with van der Waals surface area (Å²) in [5.41, 5.74) is 0.718. The van der Waals surface area contributed by atoms with Crippen LogP contribution in [0.25, 0.3) is 11.5 Å². The molecule has 0 bridgehead atoms. The van der Waals surface area contributed by atoms with Crippen molar-refractivity contribution in [2.75, 3.05) is 6.61 Å². The predicted octanol–water partition coefficient (Wildman–Crippen LogP) is 3.55. The lowest BCUT2D eigenvalue weighted by molar-refractivity contribution is 0.248. The highest BCUT2D eigenvalue weighted by atomic mass is 32.1. The van der Waals surface area contributed by atoms with Gasteiger partial charge in [-0.3, -0.25) is 10.8 Å². The average molecular weight is 384 g/mol. The van der Waals surface area contributed by atoms with Crippen molar-refractivity contribution in [3.05, 3.63) is 65.0 Å². The first-order valence-corrected chi connectivity index (χ1v) is 9.01. The molecule has 0 saturated carbocycles. The van der Waals surface area contributed by atoms with E-state index >= 15 is 0 Å². The van der Waals surface area contributed by atoms with Gasteiger partial charge in [-0.2, -0.15) is 4.39 Å². The van der Waals surface area contributed by atoms with E-state index in [1.165, 1.54) is 23.5 Å². The van der Waals surface area contributed by atoms with Gasteiger partial charge in [-0.25, -0.2) is 15.0 Å². The van der Waals surface area contributed by atoms with Gasteiger partial charge >= 0.3 is 0 Å². The summed E-state index contributed by atoms with van der Waals surface area (Å²) >= 11 is 1.34. The fourth-order valence-electron chi connectivity index (χ4n) is 2.37. The zero-order valence-corrected chi connectivity index (χ0v) is 15.3. The largest absolute Gasteiger partial charge is 0.492 e. The third-order valence-corrected chi connectivity index (χ3v) is 4.33. The molecule has 0 spiro atoms. The Bertz CT molecular complexity index is 979. The predicted molar refractivity (Wildman–Crippen MR) is 102 cm³/mol. The van der Waals surface area contributed by atoms with Crippen LogP contribution in [-0.4, -0.2) is 37.5 Å². The van der Waals surface area contributed by atoms with Gasteiger partial charge in [0, 0.05) is 30.0 Å². The van der Waals surface area contributed by atoms with Crippen LogP contribution < -0.4 is 0 Å². The van der Waals surface area contributed by atoms with Crippen LogP contribution in [0.2, 0.25) is 0 Å².